The van der Waals surface area contributed by atoms with Gasteiger partial charge in [-0.05, 0) is 18.1 Å². The summed E-state index contributed by atoms with van der Waals surface area (Å²) in [6, 6.07) is 30.7. The van der Waals surface area contributed by atoms with Gasteiger partial charge in [0.25, 0.3) is 0 Å². The maximum atomic E-state index is 12.1. The third-order valence-corrected chi connectivity index (χ3v) is 5.27. The highest BCUT2D eigenvalue weighted by atomic mass is 16.5. The van der Waals surface area contributed by atoms with Crippen molar-refractivity contribution in [3.63, 3.8) is 0 Å². The minimum atomic E-state index is -0.408. The van der Waals surface area contributed by atoms with E-state index in [2.05, 4.69) is 47.5 Å². The Kier molecular flexibility index (Phi) is 6.61. The molecule has 4 rings (SSSR count). The van der Waals surface area contributed by atoms with Crippen molar-refractivity contribution in [2.45, 2.75) is 26.5 Å². The maximum absolute atomic E-state index is 12.1. The molecular weight excluding hydrogens is 396 g/mol. The van der Waals surface area contributed by atoms with E-state index >= 15 is 0 Å². The minimum absolute atomic E-state index is 0.107. The van der Waals surface area contributed by atoms with Crippen LogP contribution in [0, 0.1) is 0 Å². The van der Waals surface area contributed by atoms with Crippen LogP contribution in [-0.2, 0) is 29.1 Å². The molecule has 0 aliphatic carbocycles. The van der Waals surface area contributed by atoms with Crippen LogP contribution in [0.3, 0.4) is 0 Å². The first-order valence-corrected chi connectivity index (χ1v) is 10.7. The number of carbonyl (C=O) groups is 1. The van der Waals surface area contributed by atoms with E-state index < -0.39 is 5.97 Å². The number of esters is 1. The molecule has 160 valence electrons. The van der Waals surface area contributed by atoms with Crippen molar-refractivity contribution in [1.29, 1.82) is 0 Å². The standard InChI is InChI=1S/C28H26N2O2/c1-21(2)28(31)32-20-25-26(18-22-12-6-3-7-13-22)30(19-23-14-8-4-9-15-23)27(29-25)24-16-10-5-11-17-24/h3-17H,1,18-20H2,2H3. The van der Waals surface area contributed by atoms with Crippen LogP contribution in [0.15, 0.2) is 103 Å². The number of aromatic nitrogens is 2. The highest BCUT2D eigenvalue weighted by Gasteiger charge is 2.20. The number of carbonyl (C=O) groups excluding carboxylic acids is 1. The number of rotatable bonds is 8. The average molecular weight is 423 g/mol. The third-order valence-electron chi connectivity index (χ3n) is 5.27. The molecule has 0 radical (unpaired) electrons. The van der Waals surface area contributed by atoms with Crippen molar-refractivity contribution in [3.05, 3.63) is 126 Å². The van der Waals surface area contributed by atoms with Gasteiger partial charge >= 0.3 is 5.97 Å². The molecule has 0 saturated heterocycles. The minimum Gasteiger partial charge on any atom is -0.456 e. The number of nitrogens with zero attached hydrogens (tertiary/aromatic N) is 2. The van der Waals surface area contributed by atoms with Gasteiger partial charge in [-0.2, -0.15) is 0 Å². The lowest BCUT2D eigenvalue weighted by Crippen LogP contribution is -2.10. The molecule has 0 unspecified atom stereocenters. The van der Waals surface area contributed by atoms with E-state index in [4.69, 9.17) is 9.72 Å². The molecule has 1 aromatic heterocycles. The van der Waals surface area contributed by atoms with Crippen LogP contribution in [0.25, 0.3) is 11.4 Å². The summed E-state index contributed by atoms with van der Waals surface area (Å²) < 4.78 is 7.75. The van der Waals surface area contributed by atoms with Crippen molar-refractivity contribution in [2.75, 3.05) is 0 Å². The SMILES string of the molecule is C=C(C)C(=O)OCc1nc(-c2ccccc2)n(Cc2ccccc2)c1Cc1ccccc1. The van der Waals surface area contributed by atoms with Gasteiger partial charge in [0.1, 0.15) is 18.1 Å². The molecule has 0 saturated carbocycles. The first kappa shape index (κ1) is 21.3. The molecule has 0 aliphatic rings. The molecule has 1 heterocycles. The van der Waals surface area contributed by atoms with Crippen molar-refractivity contribution in [2.24, 2.45) is 0 Å². The monoisotopic (exact) mass is 422 g/mol. The molecule has 0 amide bonds. The second-order valence-corrected chi connectivity index (χ2v) is 7.79. The van der Waals surface area contributed by atoms with Crippen molar-refractivity contribution in [3.8, 4) is 11.4 Å². The highest BCUT2D eigenvalue weighted by molar-refractivity contribution is 5.86. The smallest absolute Gasteiger partial charge is 0.333 e. The first-order valence-electron chi connectivity index (χ1n) is 10.7. The Hall–Kier alpha value is -3.92. The Morgan fingerprint density at radius 1 is 0.875 bits per heavy atom. The number of ether oxygens (including phenoxy) is 1. The Morgan fingerprint density at radius 2 is 1.44 bits per heavy atom. The van der Waals surface area contributed by atoms with Crippen LogP contribution in [0.5, 0.6) is 0 Å². The Bertz CT molecular complexity index is 1200. The Labute approximate surface area is 188 Å². The fourth-order valence-electron chi connectivity index (χ4n) is 3.64. The summed E-state index contributed by atoms with van der Waals surface area (Å²) in [6.45, 7) is 6.11. The van der Waals surface area contributed by atoms with Crippen molar-refractivity contribution < 1.29 is 9.53 Å². The van der Waals surface area contributed by atoms with E-state index in [0.717, 1.165) is 22.8 Å². The van der Waals surface area contributed by atoms with Gasteiger partial charge in [0.15, 0.2) is 0 Å². The molecule has 0 spiro atoms. The second-order valence-electron chi connectivity index (χ2n) is 7.79. The van der Waals surface area contributed by atoms with E-state index in [1.165, 1.54) is 11.1 Å². The lowest BCUT2D eigenvalue weighted by atomic mass is 10.1. The van der Waals surface area contributed by atoms with Gasteiger partial charge in [0, 0.05) is 29.8 Å². The summed E-state index contributed by atoms with van der Waals surface area (Å²) in [7, 11) is 0. The topological polar surface area (TPSA) is 44.1 Å². The van der Waals surface area contributed by atoms with Gasteiger partial charge in [0.05, 0.1) is 0 Å². The first-order chi connectivity index (χ1) is 15.6. The van der Waals surface area contributed by atoms with Crippen LogP contribution in [-0.4, -0.2) is 15.5 Å². The molecule has 0 N–H and O–H groups in total. The Balaban J connectivity index is 1.82. The number of benzene rings is 3. The molecule has 4 aromatic rings. The summed E-state index contributed by atoms with van der Waals surface area (Å²) >= 11 is 0. The van der Waals surface area contributed by atoms with Crippen LogP contribution < -0.4 is 0 Å². The van der Waals surface area contributed by atoms with Crippen molar-refractivity contribution >= 4 is 5.97 Å². The van der Waals surface area contributed by atoms with E-state index in [1.54, 1.807) is 6.92 Å². The van der Waals surface area contributed by atoms with Crippen molar-refractivity contribution in [1.82, 2.24) is 9.55 Å². The van der Waals surface area contributed by atoms with E-state index in [9.17, 15) is 4.79 Å². The number of hydrogen-bond acceptors (Lipinski definition) is 3. The Morgan fingerprint density at radius 3 is 2.03 bits per heavy atom. The van der Waals surface area contributed by atoms with Crippen LogP contribution in [0.1, 0.15) is 29.4 Å². The normalized spacial score (nSPS) is 10.7. The van der Waals surface area contributed by atoms with Gasteiger partial charge in [-0.15, -0.1) is 0 Å². The average Bonchev–Trinajstić information content (AvgIpc) is 3.16. The summed E-state index contributed by atoms with van der Waals surface area (Å²) in [4.78, 5) is 17.0. The molecule has 0 aliphatic heterocycles. The van der Waals surface area contributed by atoms with Crippen LogP contribution in [0.2, 0.25) is 0 Å². The highest BCUT2D eigenvalue weighted by Crippen LogP contribution is 2.26. The number of hydrogen-bond donors (Lipinski definition) is 0. The van der Waals surface area contributed by atoms with Crippen LogP contribution >= 0.6 is 0 Å². The molecule has 4 heteroatoms. The maximum Gasteiger partial charge on any atom is 0.333 e. The predicted molar refractivity (Wildman–Crippen MR) is 127 cm³/mol. The zero-order valence-electron chi connectivity index (χ0n) is 18.2. The van der Waals surface area contributed by atoms with Crippen LogP contribution in [0.4, 0.5) is 0 Å². The molecule has 0 fully saturated rings. The summed E-state index contributed by atoms with van der Waals surface area (Å²) in [5.41, 5.74) is 5.55. The molecule has 0 atom stereocenters. The molecule has 4 nitrogen and oxygen atoms in total. The third kappa shape index (κ3) is 5.03. The zero-order chi connectivity index (χ0) is 22.3. The lowest BCUT2D eigenvalue weighted by Gasteiger charge is -2.14. The molecular formula is C28H26N2O2. The quantitative estimate of drug-likeness (QED) is 0.266. The molecule has 3 aromatic carbocycles. The van der Waals surface area contributed by atoms with E-state index in [-0.39, 0.29) is 6.61 Å². The predicted octanol–water partition coefficient (Wildman–Crippen LogP) is 5.81. The summed E-state index contributed by atoms with van der Waals surface area (Å²) in [5.74, 6) is 0.455. The zero-order valence-corrected chi connectivity index (χ0v) is 18.2. The lowest BCUT2D eigenvalue weighted by molar-refractivity contribution is -0.140. The van der Waals surface area contributed by atoms with Gasteiger partial charge < -0.3 is 9.30 Å². The summed E-state index contributed by atoms with van der Waals surface area (Å²) in [6.07, 6.45) is 0.688. The van der Waals surface area contributed by atoms with Gasteiger partial charge in [-0.1, -0.05) is 97.6 Å². The second kappa shape index (κ2) is 9.92. The fraction of sp³-hybridized carbons (Fsp3) is 0.143. The van der Waals surface area contributed by atoms with Gasteiger partial charge in [-0.25, -0.2) is 9.78 Å². The largest absolute Gasteiger partial charge is 0.456 e. The van der Waals surface area contributed by atoms with E-state index in [0.29, 0.717) is 18.5 Å². The molecule has 32 heavy (non-hydrogen) atoms. The summed E-state index contributed by atoms with van der Waals surface area (Å²) in [5, 5.41) is 0. The molecule has 0 bridgehead atoms. The van der Waals surface area contributed by atoms with E-state index in [1.807, 2.05) is 54.6 Å². The van der Waals surface area contributed by atoms with Gasteiger partial charge in [-0.3, -0.25) is 0 Å². The fourth-order valence-corrected chi connectivity index (χ4v) is 3.64. The van der Waals surface area contributed by atoms with Gasteiger partial charge in [0.2, 0.25) is 0 Å². The number of imidazole rings is 1.